The summed E-state index contributed by atoms with van der Waals surface area (Å²) >= 11 is 0. The van der Waals surface area contributed by atoms with Gasteiger partial charge in [-0.1, -0.05) is 12.1 Å². The molecule has 1 fully saturated rings. The number of nitrogens with zero attached hydrogens (tertiary/aromatic N) is 5. The minimum atomic E-state index is -0.549. The van der Waals surface area contributed by atoms with Gasteiger partial charge < -0.3 is 15.8 Å². The molecule has 0 aliphatic heterocycles. The summed E-state index contributed by atoms with van der Waals surface area (Å²) in [6.07, 6.45) is 6.50. The van der Waals surface area contributed by atoms with Crippen molar-refractivity contribution >= 4 is 11.6 Å². The molecule has 2 aromatic heterocycles. The molecule has 0 bridgehead atoms. The van der Waals surface area contributed by atoms with Gasteiger partial charge in [0.15, 0.2) is 5.82 Å². The highest BCUT2D eigenvalue weighted by atomic mass is 19.1. The number of benzene rings is 2. The smallest absolute Gasteiger partial charge is 0.274 e. The van der Waals surface area contributed by atoms with Crippen molar-refractivity contribution in [2.24, 2.45) is 12.8 Å². The number of nitriles is 1. The molecule has 5 rings (SSSR count). The molecule has 0 saturated heterocycles. The monoisotopic (exact) mass is 525 g/mol. The second kappa shape index (κ2) is 11.0. The van der Waals surface area contributed by atoms with Crippen molar-refractivity contribution in [1.82, 2.24) is 19.7 Å². The quantitative estimate of drug-likeness (QED) is 0.370. The molecule has 0 radical (unpaired) electrons. The summed E-state index contributed by atoms with van der Waals surface area (Å²) in [7, 11) is 3.23. The first kappa shape index (κ1) is 26.0. The number of aryl methyl sites for hydroxylation is 1. The second-order valence-corrected chi connectivity index (χ2v) is 9.59. The van der Waals surface area contributed by atoms with Crippen molar-refractivity contribution in [1.29, 1.82) is 5.26 Å². The Morgan fingerprint density at radius 1 is 1.21 bits per heavy atom. The van der Waals surface area contributed by atoms with Crippen LogP contribution in [0.15, 0.2) is 54.9 Å². The Morgan fingerprint density at radius 3 is 2.74 bits per heavy atom. The molecule has 1 aliphatic rings. The molecule has 1 amide bonds. The number of nitrogens with one attached hydrogen (secondary N) is 1. The van der Waals surface area contributed by atoms with E-state index in [9.17, 15) is 14.4 Å². The fourth-order valence-corrected chi connectivity index (χ4v) is 5.14. The predicted octanol–water partition coefficient (Wildman–Crippen LogP) is 4.80. The van der Waals surface area contributed by atoms with Crippen molar-refractivity contribution < 1.29 is 13.9 Å². The lowest BCUT2D eigenvalue weighted by molar-refractivity contribution is 0.102. The molecule has 1 saturated carbocycles. The Hall–Kier alpha value is -4.62. The minimum absolute atomic E-state index is 0.0506. The number of halogens is 1. The fourth-order valence-electron chi connectivity index (χ4n) is 5.14. The Kier molecular flexibility index (Phi) is 7.34. The highest BCUT2D eigenvalue weighted by Gasteiger charge is 2.25. The van der Waals surface area contributed by atoms with E-state index in [0.29, 0.717) is 16.9 Å². The van der Waals surface area contributed by atoms with E-state index in [1.807, 2.05) is 18.2 Å². The van der Waals surface area contributed by atoms with Crippen LogP contribution in [0.25, 0.3) is 22.6 Å². The normalized spacial score (nSPS) is 16.9. The summed E-state index contributed by atoms with van der Waals surface area (Å²) in [6.45, 7) is 0. The van der Waals surface area contributed by atoms with Gasteiger partial charge in [-0.25, -0.2) is 14.4 Å². The first-order valence-corrected chi connectivity index (χ1v) is 12.7. The lowest BCUT2D eigenvalue weighted by atomic mass is 9.80. The number of carbonyl (C=O) groups is 1. The van der Waals surface area contributed by atoms with Gasteiger partial charge in [0, 0.05) is 30.5 Å². The van der Waals surface area contributed by atoms with Crippen molar-refractivity contribution in [3.63, 3.8) is 0 Å². The molecule has 0 spiro atoms. The van der Waals surface area contributed by atoms with Gasteiger partial charge in [-0.3, -0.25) is 9.48 Å². The Labute approximate surface area is 225 Å². The molecule has 2 heterocycles. The van der Waals surface area contributed by atoms with Crippen LogP contribution in [0.5, 0.6) is 5.75 Å². The van der Waals surface area contributed by atoms with Crippen molar-refractivity contribution in [2.75, 3.05) is 12.4 Å². The third-order valence-electron chi connectivity index (χ3n) is 7.15. The maximum absolute atomic E-state index is 14.6. The molecular weight excluding hydrogens is 497 g/mol. The number of anilines is 1. The summed E-state index contributed by atoms with van der Waals surface area (Å²) in [6, 6.07) is 14.0. The van der Waals surface area contributed by atoms with Gasteiger partial charge in [-0.15, -0.1) is 0 Å². The number of methoxy groups -OCH3 is 1. The maximum Gasteiger partial charge on any atom is 0.274 e. The van der Waals surface area contributed by atoms with Crippen LogP contribution < -0.4 is 15.8 Å². The van der Waals surface area contributed by atoms with Gasteiger partial charge in [-0.2, -0.15) is 10.4 Å². The van der Waals surface area contributed by atoms with E-state index in [1.54, 1.807) is 24.0 Å². The highest BCUT2D eigenvalue weighted by molar-refractivity contribution is 6.03. The van der Waals surface area contributed by atoms with Crippen molar-refractivity contribution in [3.8, 4) is 34.5 Å². The minimum Gasteiger partial charge on any atom is -0.496 e. The van der Waals surface area contributed by atoms with Crippen LogP contribution in [0.3, 0.4) is 0 Å². The summed E-state index contributed by atoms with van der Waals surface area (Å²) in [4.78, 5) is 21.9. The average Bonchev–Trinajstić information content (AvgIpc) is 3.33. The number of rotatable bonds is 6. The number of amides is 1. The van der Waals surface area contributed by atoms with Crippen molar-refractivity contribution in [2.45, 2.75) is 37.6 Å². The second-order valence-electron chi connectivity index (χ2n) is 9.59. The van der Waals surface area contributed by atoms with E-state index in [4.69, 9.17) is 10.5 Å². The van der Waals surface area contributed by atoms with E-state index >= 15 is 0 Å². The van der Waals surface area contributed by atoms with Crippen molar-refractivity contribution in [3.05, 3.63) is 77.5 Å². The van der Waals surface area contributed by atoms with Gasteiger partial charge in [-0.05, 0) is 67.5 Å². The lowest BCUT2D eigenvalue weighted by Gasteiger charge is -2.28. The molecule has 9 nitrogen and oxygen atoms in total. The topological polar surface area (TPSA) is 132 Å². The molecule has 1 aliphatic carbocycles. The van der Waals surface area contributed by atoms with E-state index < -0.39 is 11.7 Å². The summed E-state index contributed by atoms with van der Waals surface area (Å²) in [5.74, 6) is -0.495. The summed E-state index contributed by atoms with van der Waals surface area (Å²) < 4.78 is 21.6. The van der Waals surface area contributed by atoms with Crippen LogP contribution in [0.2, 0.25) is 0 Å². The van der Waals surface area contributed by atoms with Gasteiger partial charge in [0.25, 0.3) is 5.91 Å². The zero-order valence-corrected chi connectivity index (χ0v) is 21.7. The van der Waals surface area contributed by atoms with Gasteiger partial charge in [0.1, 0.15) is 23.3 Å². The molecule has 4 aromatic rings. The first-order valence-electron chi connectivity index (χ1n) is 12.7. The van der Waals surface area contributed by atoms with Crippen LogP contribution in [-0.2, 0) is 7.05 Å². The van der Waals surface area contributed by atoms with Crippen LogP contribution in [-0.4, -0.2) is 38.8 Å². The van der Waals surface area contributed by atoms with E-state index in [1.165, 1.54) is 31.5 Å². The lowest BCUT2D eigenvalue weighted by Crippen LogP contribution is -2.26. The molecule has 39 heavy (non-hydrogen) atoms. The molecular formula is C29H28FN7O2. The van der Waals surface area contributed by atoms with Gasteiger partial charge in [0.2, 0.25) is 0 Å². The third kappa shape index (κ3) is 5.22. The molecule has 198 valence electrons. The van der Waals surface area contributed by atoms with Crippen LogP contribution in [0.4, 0.5) is 10.1 Å². The number of carbonyl (C=O) groups excluding carboxylic acids is 1. The Balaban J connectivity index is 1.50. The molecule has 0 unspecified atom stereocenters. The molecule has 0 atom stereocenters. The van der Waals surface area contributed by atoms with Gasteiger partial charge >= 0.3 is 0 Å². The standard InChI is InChI=1S/C29H28FN7O2/c1-37-27(19(15-31)16-34-37)18-8-11-23(21(14-18)17-6-9-20(32)10-7-17)36-29(38)24-12-13-33-28(35-24)26-22(30)4-3-5-25(26)39-2/h3-5,8,11-14,16-17,20H,6-7,9-10,32H2,1-2H3,(H,36,38)/t17-,20-. The number of ether oxygens (including phenoxy) is 1. The highest BCUT2D eigenvalue weighted by Crippen LogP contribution is 2.39. The number of aromatic nitrogens is 4. The molecule has 3 N–H and O–H groups in total. The van der Waals surface area contributed by atoms with E-state index in [2.05, 4.69) is 26.5 Å². The number of nitrogens with two attached hydrogens (primary N) is 1. The van der Waals surface area contributed by atoms with Crippen LogP contribution in [0.1, 0.15) is 53.2 Å². The Morgan fingerprint density at radius 2 is 2.00 bits per heavy atom. The third-order valence-corrected chi connectivity index (χ3v) is 7.15. The summed E-state index contributed by atoms with van der Waals surface area (Å²) in [5.41, 5.74) is 9.97. The van der Waals surface area contributed by atoms with Crippen LogP contribution in [0, 0.1) is 17.1 Å². The zero-order chi connectivity index (χ0) is 27.5. The maximum atomic E-state index is 14.6. The molecule has 10 heteroatoms. The van der Waals surface area contributed by atoms with Crippen LogP contribution >= 0.6 is 0 Å². The molecule has 2 aromatic carbocycles. The fraction of sp³-hybridized carbons (Fsp3) is 0.276. The Bertz CT molecular complexity index is 1570. The number of hydrogen-bond acceptors (Lipinski definition) is 7. The zero-order valence-electron chi connectivity index (χ0n) is 21.7. The first-order chi connectivity index (χ1) is 18.9. The number of hydrogen-bond donors (Lipinski definition) is 2. The summed E-state index contributed by atoms with van der Waals surface area (Å²) in [5, 5.41) is 16.8. The predicted molar refractivity (Wildman–Crippen MR) is 144 cm³/mol. The van der Waals surface area contributed by atoms with E-state index in [0.717, 1.165) is 36.8 Å². The SMILES string of the molecule is COc1cccc(F)c1-c1nccc(C(=O)Nc2ccc(-c3c(C#N)cnn3C)cc2[C@H]2CC[C@H](N)CC2)n1. The van der Waals surface area contributed by atoms with Gasteiger partial charge in [0.05, 0.1) is 30.1 Å². The average molecular weight is 526 g/mol. The van der Waals surface area contributed by atoms with E-state index in [-0.39, 0.29) is 34.8 Å². The largest absolute Gasteiger partial charge is 0.496 e.